The molecule has 26 heavy (non-hydrogen) atoms. The molecule has 0 saturated carbocycles. The molecule has 0 aliphatic rings. The summed E-state index contributed by atoms with van der Waals surface area (Å²) in [6.45, 7) is 0.155. The average Bonchev–Trinajstić information content (AvgIpc) is 3.22. The second kappa shape index (κ2) is 6.62. The van der Waals surface area contributed by atoms with Crippen molar-refractivity contribution in [2.45, 2.75) is 20.5 Å². The smallest absolute Gasteiger partial charge is 0.217 e. The summed E-state index contributed by atoms with van der Waals surface area (Å²) in [5.41, 5.74) is 6.47. The van der Waals surface area contributed by atoms with E-state index < -0.39 is 19.7 Å². The number of thiazole rings is 1. The van der Waals surface area contributed by atoms with Gasteiger partial charge in [-0.15, -0.1) is 11.3 Å². The predicted octanol–water partition coefficient (Wildman–Crippen LogP) is 1.84. The minimum Gasteiger partial charge on any atom is -0.357 e. The van der Waals surface area contributed by atoms with E-state index in [9.17, 15) is 16.8 Å². The van der Waals surface area contributed by atoms with Crippen molar-refractivity contribution >= 4 is 31.0 Å². The Labute approximate surface area is 156 Å². The number of nitrogens with two attached hydrogens (primary N) is 1. The highest BCUT2D eigenvalue weighted by molar-refractivity contribution is 7.93. The molecule has 0 fully saturated rings. The van der Waals surface area contributed by atoms with E-state index in [-0.39, 0.29) is 20.5 Å². The summed E-state index contributed by atoms with van der Waals surface area (Å²) in [6.07, 6.45) is 5.87. The third kappa shape index (κ3) is 3.45. The van der Waals surface area contributed by atoms with Gasteiger partial charge in [-0.05, 0) is 24.3 Å². The summed E-state index contributed by atoms with van der Waals surface area (Å²) >= 11 is 1.00. The van der Waals surface area contributed by atoms with E-state index in [2.05, 4.69) is 4.98 Å². The van der Waals surface area contributed by atoms with Crippen molar-refractivity contribution in [3.63, 3.8) is 0 Å². The van der Waals surface area contributed by atoms with Crippen molar-refractivity contribution in [1.82, 2.24) is 9.55 Å². The third-order valence-electron chi connectivity index (χ3n) is 3.78. The number of rotatable bonds is 5. The minimum atomic E-state index is -3.82. The van der Waals surface area contributed by atoms with Crippen LogP contribution in [0.1, 0.15) is 5.01 Å². The quantitative estimate of drug-likeness (QED) is 0.686. The first-order valence-corrected chi connectivity index (χ1v) is 11.7. The Morgan fingerprint density at radius 2 is 1.92 bits per heavy atom. The third-order valence-corrected chi connectivity index (χ3v) is 8.16. The highest BCUT2D eigenvalue weighted by atomic mass is 32.2. The number of hydrogen-bond acceptors (Lipinski definition) is 7. The minimum absolute atomic E-state index is 0.0102. The van der Waals surface area contributed by atoms with E-state index in [0.29, 0.717) is 16.1 Å². The highest BCUT2D eigenvalue weighted by Crippen LogP contribution is 2.33. The number of aromatic nitrogens is 2. The highest BCUT2D eigenvalue weighted by Gasteiger charge is 2.24. The molecule has 0 spiro atoms. The van der Waals surface area contributed by atoms with Crippen molar-refractivity contribution in [3.8, 4) is 11.1 Å². The molecular formula is C16H17N3O4S3. The fraction of sp³-hybridized carbons (Fsp3) is 0.188. The standard InChI is InChI=1S/C16H17N3O4S3/c1-19-6-5-11(10-19)13-7-12(3-4-14(13)25(2,20)21)26(22,23)16-9-18-15(8-17)24-16/h3-7,9-10H,8,17H2,1-2H3. The van der Waals surface area contributed by atoms with E-state index in [0.717, 1.165) is 17.6 Å². The van der Waals surface area contributed by atoms with Crippen LogP contribution in [0.15, 0.2) is 56.9 Å². The molecule has 2 heterocycles. The molecule has 2 N–H and O–H groups in total. The van der Waals surface area contributed by atoms with Crippen LogP contribution in [0.4, 0.5) is 0 Å². The molecule has 0 aliphatic carbocycles. The van der Waals surface area contributed by atoms with E-state index in [1.165, 1.54) is 24.4 Å². The maximum Gasteiger partial charge on any atom is 0.217 e. The largest absolute Gasteiger partial charge is 0.357 e. The number of benzene rings is 1. The normalized spacial score (nSPS) is 12.4. The Hall–Kier alpha value is -2.01. The van der Waals surface area contributed by atoms with E-state index in [1.807, 2.05) is 0 Å². The number of hydrogen-bond donors (Lipinski definition) is 1. The lowest BCUT2D eigenvalue weighted by Gasteiger charge is -2.10. The molecule has 0 unspecified atom stereocenters. The number of nitrogens with zero attached hydrogens (tertiary/aromatic N) is 2. The molecule has 0 radical (unpaired) electrons. The van der Waals surface area contributed by atoms with Crippen molar-refractivity contribution in [2.75, 3.05) is 6.26 Å². The summed E-state index contributed by atoms with van der Waals surface area (Å²) in [5.74, 6) is 0. The summed E-state index contributed by atoms with van der Waals surface area (Å²) in [5, 5.41) is 0.514. The summed E-state index contributed by atoms with van der Waals surface area (Å²) < 4.78 is 51.9. The lowest BCUT2D eigenvalue weighted by molar-refractivity contribution is 0.595. The van der Waals surface area contributed by atoms with Crippen molar-refractivity contribution in [2.24, 2.45) is 12.8 Å². The summed E-state index contributed by atoms with van der Waals surface area (Å²) in [6, 6.07) is 5.76. The van der Waals surface area contributed by atoms with Crippen molar-refractivity contribution in [1.29, 1.82) is 0 Å². The summed E-state index contributed by atoms with van der Waals surface area (Å²) in [7, 11) is -5.54. The van der Waals surface area contributed by atoms with Gasteiger partial charge >= 0.3 is 0 Å². The van der Waals surface area contributed by atoms with Gasteiger partial charge in [-0.1, -0.05) is 0 Å². The van der Waals surface area contributed by atoms with E-state index in [4.69, 9.17) is 5.73 Å². The number of sulfone groups is 2. The molecule has 2 aromatic heterocycles. The Balaban J connectivity index is 2.21. The van der Waals surface area contributed by atoms with Gasteiger partial charge in [-0.2, -0.15) is 0 Å². The molecule has 0 saturated heterocycles. The molecule has 1 aromatic carbocycles. The Kier molecular flexibility index (Phi) is 4.78. The van der Waals surface area contributed by atoms with Gasteiger partial charge in [0.2, 0.25) is 9.84 Å². The zero-order chi connectivity index (χ0) is 19.1. The SMILES string of the molecule is Cn1ccc(-c2cc(S(=O)(=O)c3cnc(CN)s3)ccc2S(C)(=O)=O)c1. The lowest BCUT2D eigenvalue weighted by atomic mass is 10.1. The van der Waals surface area contributed by atoms with Gasteiger partial charge in [-0.25, -0.2) is 21.8 Å². The Bertz CT molecular complexity index is 1180. The lowest BCUT2D eigenvalue weighted by Crippen LogP contribution is -2.04. The summed E-state index contributed by atoms with van der Waals surface area (Å²) in [4.78, 5) is 4.07. The van der Waals surface area contributed by atoms with Crippen molar-refractivity contribution in [3.05, 3.63) is 47.9 Å². The second-order valence-electron chi connectivity index (χ2n) is 5.78. The fourth-order valence-electron chi connectivity index (χ4n) is 2.52. The van der Waals surface area contributed by atoms with Crippen LogP contribution in [0.25, 0.3) is 11.1 Å². The molecule has 138 valence electrons. The second-order valence-corrected chi connectivity index (χ2v) is 11.1. The van der Waals surface area contributed by atoms with Crippen LogP contribution >= 0.6 is 11.3 Å². The molecule has 10 heteroatoms. The molecule has 0 bridgehead atoms. The van der Waals surface area contributed by atoms with Gasteiger partial charge in [0.15, 0.2) is 9.84 Å². The van der Waals surface area contributed by atoms with Crippen LogP contribution in [-0.4, -0.2) is 32.6 Å². The van der Waals surface area contributed by atoms with Gasteiger partial charge in [0.1, 0.15) is 9.22 Å². The van der Waals surface area contributed by atoms with Crippen LogP contribution in [0.2, 0.25) is 0 Å². The Morgan fingerprint density at radius 1 is 1.19 bits per heavy atom. The topological polar surface area (TPSA) is 112 Å². The van der Waals surface area contributed by atoms with Gasteiger partial charge in [0.05, 0.1) is 16.0 Å². The number of aryl methyl sites for hydroxylation is 1. The average molecular weight is 412 g/mol. The zero-order valence-electron chi connectivity index (χ0n) is 14.1. The molecule has 0 aliphatic heterocycles. The first-order chi connectivity index (χ1) is 12.1. The van der Waals surface area contributed by atoms with E-state index in [1.54, 1.807) is 30.1 Å². The first kappa shape index (κ1) is 18.8. The fourth-order valence-corrected chi connectivity index (χ4v) is 5.89. The molecule has 0 amide bonds. The van der Waals surface area contributed by atoms with Crippen LogP contribution in [-0.2, 0) is 33.3 Å². The monoisotopic (exact) mass is 411 g/mol. The maximum absolute atomic E-state index is 12.9. The van der Waals surface area contributed by atoms with Gasteiger partial charge < -0.3 is 10.3 Å². The van der Waals surface area contributed by atoms with Crippen LogP contribution in [0, 0.1) is 0 Å². The molecular weight excluding hydrogens is 394 g/mol. The predicted molar refractivity (Wildman–Crippen MR) is 99.4 cm³/mol. The van der Waals surface area contributed by atoms with Crippen LogP contribution in [0.5, 0.6) is 0 Å². The zero-order valence-corrected chi connectivity index (χ0v) is 16.5. The molecule has 3 rings (SSSR count). The van der Waals surface area contributed by atoms with Crippen molar-refractivity contribution < 1.29 is 16.8 Å². The van der Waals surface area contributed by atoms with Crippen LogP contribution in [0.3, 0.4) is 0 Å². The molecule has 3 aromatic rings. The van der Waals surface area contributed by atoms with Gasteiger partial charge in [0, 0.05) is 43.4 Å². The molecule has 0 atom stereocenters. The molecule has 7 nitrogen and oxygen atoms in total. The maximum atomic E-state index is 12.9. The Morgan fingerprint density at radius 3 is 2.46 bits per heavy atom. The van der Waals surface area contributed by atoms with Gasteiger partial charge in [0.25, 0.3) is 0 Å². The van der Waals surface area contributed by atoms with E-state index >= 15 is 0 Å². The van der Waals surface area contributed by atoms with Gasteiger partial charge in [-0.3, -0.25) is 0 Å². The first-order valence-electron chi connectivity index (χ1n) is 7.49. The van der Waals surface area contributed by atoms with Crippen LogP contribution < -0.4 is 5.73 Å².